The molecule has 0 radical (unpaired) electrons. The summed E-state index contributed by atoms with van der Waals surface area (Å²) in [6.07, 6.45) is 0.351. The second-order valence-electron chi connectivity index (χ2n) is 7.87. The zero-order valence-electron chi connectivity index (χ0n) is 18.5. The summed E-state index contributed by atoms with van der Waals surface area (Å²) < 4.78 is 16.8. The van der Waals surface area contributed by atoms with E-state index in [9.17, 15) is 9.90 Å². The number of hydrogen-bond donors (Lipinski definition) is 1. The van der Waals surface area contributed by atoms with E-state index < -0.39 is 11.6 Å². The van der Waals surface area contributed by atoms with Gasteiger partial charge in [-0.25, -0.2) is 4.79 Å². The van der Waals surface area contributed by atoms with Crippen molar-refractivity contribution in [2.45, 2.75) is 32.5 Å². The monoisotopic (exact) mass is 443 g/mol. The van der Waals surface area contributed by atoms with Crippen molar-refractivity contribution in [3.8, 4) is 33.9 Å². The van der Waals surface area contributed by atoms with Crippen molar-refractivity contribution in [2.75, 3.05) is 0 Å². The molecule has 0 bridgehead atoms. The Morgan fingerprint density at radius 1 is 0.909 bits per heavy atom. The molecule has 6 heteroatoms. The second kappa shape index (κ2) is 9.61. The van der Waals surface area contributed by atoms with Gasteiger partial charge in [-0.2, -0.15) is 0 Å². The quantitative estimate of drug-likeness (QED) is 0.331. The highest BCUT2D eigenvalue weighted by atomic mass is 16.5. The molecule has 3 aromatic carbocycles. The lowest BCUT2D eigenvalue weighted by atomic mass is 10.0. The van der Waals surface area contributed by atoms with Crippen LogP contribution in [0, 0.1) is 0 Å². The fraction of sp³-hybridized carbons (Fsp3) is 0.185. The summed E-state index contributed by atoms with van der Waals surface area (Å²) in [5.41, 5.74) is 2.74. The minimum atomic E-state index is -1.27. The normalized spacial score (nSPS) is 12.7. The number of hydrogen-bond acceptors (Lipinski definition) is 5. The van der Waals surface area contributed by atoms with E-state index in [4.69, 9.17) is 14.0 Å². The maximum absolute atomic E-state index is 11.4. The van der Waals surface area contributed by atoms with Gasteiger partial charge in [0.15, 0.2) is 5.76 Å². The molecule has 1 N–H and O–H groups in total. The van der Waals surface area contributed by atoms with Gasteiger partial charge in [0.05, 0.1) is 0 Å². The van der Waals surface area contributed by atoms with Gasteiger partial charge in [0, 0.05) is 11.6 Å². The number of rotatable bonds is 9. The molecule has 1 unspecified atom stereocenters. The summed E-state index contributed by atoms with van der Waals surface area (Å²) in [5.74, 6) is 0.680. The fourth-order valence-electron chi connectivity index (χ4n) is 3.27. The average Bonchev–Trinajstić information content (AvgIpc) is 3.33. The molecule has 0 spiro atoms. The first-order chi connectivity index (χ1) is 16.0. The van der Waals surface area contributed by atoms with E-state index in [0.717, 1.165) is 22.4 Å². The predicted octanol–water partition coefficient (Wildman–Crippen LogP) is 6.22. The predicted molar refractivity (Wildman–Crippen MR) is 125 cm³/mol. The summed E-state index contributed by atoms with van der Waals surface area (Å²) in [7, 11) is 0. The van der Waals surface area contributed by atoms with E-state index in [2.05, 4.69) is 29.4 Å². The summed E-state index contributed by atoms with van der Waals surface area (Å²) >= 11 is 0. The van der Waals surface area contributed by atoms with Crippen molar-refractivity contribution in [3.63, 3.8) is 0 Å². The van der Waals surface area contributed by atoms with E-state index in [-0.39, 0.29) is 6.61 Å². The van der Waals surface area contributed by atoms with Gasteiger partial charge in [-0.1, -0.05) is 66.7 Å². The molecule has 1 aromatic heterocycles. The largest absolute Gasteiger partial charge is 0.486 e. The second-order valence-corrected chi connectivity index (χ2v) is 7.87. The van der Waals surface area contributed by atoms with E-state index in [1.165, 1.54) is 0 Å². The number of ether oxygens (including phenoxy) is 2. The number of nitrogens with zero attached hydrogens (tertiary/aromatic N) is 1. The highest BCUT2D eigenvalue weighted by molar-refractivity contribution is 5.77. The van der Waals surface area contributed by atoms with Crippen LogP contribution in [0.1, 0.15) is 26.0 Å². The SMILES string of the molecule is CCC(C)(Oc1ccc(OCc2cc(-c3ccc(-c4ccccc4)cc3)no2)cc1)C(=O)O. The molecule has 0 amide bonds. The highest BCUT2D eigenvalue weighted by Gasteiger charge is 2.33. The molecule has 4 rings (SSSR count). The van der Waals surface area contributed by atoms with E-state index in [1.54, 1.807) is 38.1 Å². The third-order valence-electron chi connectivity index (χ3n) is 5.52. The maximum atomic E-state index is 11.4. The van der Waals surface area contributed by atoms with E-state index in [1.807, 2.05) is 36.4 Å². The van der Waals surface area contributed by atoms with Crippen molar-refractivity contribution < 1.29 is 23.9 Å². The minimum absolute atomic E-state index is 0.219. The molecule has 1 heterocycles. The molecule has 1 atom stereocenters. The van der Waals surface area contributed by atoms with Crippen LogP contribution in [-0.2, 0) is 11.4 Å². The zero-order valence-corrected chi connectivity index (χ0v) is 18.5. The molecule has 0 aliphatic carbocycles. The first-order valence-electron chi connectivity index (χ1n) is 10.7. The molecule has 6 nitrogen and oxygen atoms in total. The number of carboxylic acid groups (broad SMARTS) is 1. The van der Waals surface area contributed by atoms with Gasteiger partial charge >= 0.3 is 5.97 Å². The smallest absolute Gasteiger partial charge is 0.347 e. The van der Waals surface area contributed by atoms with Crippen molar-refractivity contribution in [2.24, 2.45) is 0 Å². The molecular formula is C27H25NO5. The summed E-state index contributed by atoms with van der Waals surface area (Å²) in [4.78, 5) is 11.4. The van der Waals surface area contributed by atoms with Crippen LogP contribution in [-0.4, -0.2) is 21.8 Å². The third-order valence-corrected chi connectivity index (χ3v) is 5.52. The summed E-state index contributed by atoms with van der Waals surface area (Å²) in [5, 5.41) is 13.5. The molecule has 0 aliphatic heterocycles. The number of benzene rings is 3. The molecule has 0 aliphatic rings. The molecule has 0 saturated heterocycles. The Bertz CT molecular complexity index is 1200. The van der Waals surface area contributed by atoms with Crippen molar-refractivity contribution in [1.29, 1.82) is 0 Å². The molecular weight excluding hydrogens is 418 g/mol. The molecule has 0 saturated carbocycles. The fourth-order valence-corrected chi connectivity index (χ4v) is 3.27. The number of aliphatic carboxylic acids is 1. The Morgan fingerprint density at radius 3 is 2.15 bits per heavy atom. The van der Waals surface area contributed by atoms with Gasteiger partial charge in [0.25, 0.3) is 0 Å². The van der Waals surface area contributed by atoms with E-state index >= 15 is 0 Å². The Hall–Kier alpha value is -4.06. The average molecular weight is 443 g/mol. The lowest BCUT2D eigenvalue weighted by Gasteiger charge is -2.24. The van der Waals surface area contributed by atoms with Crippen LogP contribution in [0.2, 0.25) is 0 Å². The van der Waals surface area contributed by atoms with Crippen LogP contribution in [0.4, 0.5) is 0 Å². The van der Waals surface area contributed by atoms with Gasteiger partial charge in [-0.15, -0.1) is 0 Å². The van der Waals surface area contributed by atoms with Crippen molar-refractivity contribution in [3.05, 3.63) is 90.7 Å². The van der Waals surface area contributed by atoms with Crippen LogP contribution in [0.5, 0.6) is 11.5 Å². The van der Waals surface area contributed by atoms with Gasteiger partial charge in [-0.05, 0) is 48.7 Å². The Balaban J connectivity index is 1.36. The van der Waals surface area contributed by atoms with Crippen LogP contribution in [0.25, 0.3) is 22.4 Å². The first-order valence-corrected chi connectivity index (χ1v) is 10.7. The standard InChI is InChI=1S/C27H25NO5/c1-3-27(2,26(29)30)32-23-15-13-22(14-16-23)31-18-24-17-25(28-33-24)21-11-9-20(10-12-21)19-7-5-4-6-8-19/h4-17H,3,18H2,1-2H3,(H,29,30). The number of carboxylic acids is 1. The van der Waals surface area contributed by atoms with Crippen molar-refractivity contribution in [1.82, 2.24) is 5.16 Å². The van der Waals surface area contributed by atoms with Crippen LogP contribution in [0.3, 0.4) is 0 Å². The highest BCUT2D eigenvalue weighted by Crippen LogP contribution is 2.27. The summed E-state index contributed by atoms with van der Waals surface area (Å²) in [6, 6.07) is 27.0. The topological polar surface area (TPSA) is 81.8 Å². The van der Waals surface area contributed by atoms with E-state index in [0.29, 0.717) is 23.7 Å². The minimum Gasteiger partial charge on any atom is -0.486 e. The van der Waals surface area contributed by atoms with Gasteiger partial charge in [0.2, 0.25) is 5.60 Å². The Kier molecular flexibility index (Phi) is 6.45. The van der Waals surface area contributed by atoms with Gasteiger partial charge in [-0.3, -0.25) is 0 Å². The van der Waals surface area contributed by atoms with Crippen LogP contribution in [0.15, 0.2) is 89.5 Å². The first kappa shape index (κ1) is 22.1. The van der Waals surface area contributed by atoms with Crippen LogP contribution < -0.4 is 9.47 Å². The zero-order chi connectivity index (χ0) is 23.3. The Morgan fingerprint density at radius 2 is 1.52 bits per heavy atom. The lowest BCUT2D eigenvalue weighted by molar-refractivity contribution is -0.154. The summed E-state index contributed by atoms with van der Waals surface area (Å²) in [6.45, 7) is 3.54. The molecule has 0 fully saturated rings. The molecule has 33 heavy (non-hydrogen) atoms. The van der Waals surface area contributed by atoms with Gasteiger partial charge in [0.1, 0.15) is 23.8 Å². The van der Waals surface area contributed by atoms with Gasteiger partial charge < -0.3 is 19.1 Å². The number of aromatic nitrogens is 1. The van der Waals surface area contributed by atoms with Crippen LogP contribution >= 0.6 is 0 Å². The maximum Gasteiger partial charge on any atom is 0.347 e. The molecule has 4 aromatic rings. The lowest BCUT2D eigenvalue weighted by Crippen LogP contribution is -2.40. The van der Waals surface area contributed by atoms with Crippen molar-refractivity contribution >= 4 is 5.97 Å². The third kappa shape index (κ3) is 5.23. The molecule has 168 valence electrons. The number of carbonyl (C=O) groups is 1. The Labute approximate surface area is 192 Å².